The van der Waals surface area contributed by atoms with Gasteiger partial charge in [-0.1, -0.05) is 0 Å². The minimum atomic E-state index is -0.502. The van der Waals surface area contributed by atoms with Crippen molar-refractivity contribution in [3.63, 3.8) is 0 Å². The van der Waals surface area contributed by atoms with Crippen LogP contribution in [0.5, 0.6) is 0 Å². The van der Waals surface area contributed by atoms with E-state index in [2.05, 4.69) is 16.0 Å². The molecular formula is C20H21N5O2. The minimum Gasteiger partial charge on any atom is -0.444 e. The first kappa shape index (κ1) is 17.3. The molecule has 1 aromatic carbocycles. The molecule has 0 spiro atoms. The standard InChI is InChI=1S/C20H21N5O2/c1-20(2,3)27-19(26)25-7-6-13(11-25)18-23-16-10-22-15-5-4-12(9-21)8-14(15)17(16)24-18/h4-5,8,10,13H,6-7,11H2,1-3H3,(H,23,24)/t13-/m0/s1. The van der Waals surface area contributed by atoms with E-state index in [1.165, 1.54) is 0 Å². The number of imidazole rings is 1. The number of carbonyl (C=O) groups excluding carboxylic acids is 1. The molecule has 0 bridgehead atoms. The summed E-state index contributed by atoms with van der Waals surface area (Å²) in [5.41, 5.74) is 2.53. The van der Waals surface area contributed by atoms with E-state index in [0.717, 1.165) is 34.2 Å². The predicted octanol–water partition coefficient (Wildman–Crippen LogP) is 3.71. The number of ether oxygens (including phenoxy) is 1. The average Bonchev–Trinajstić information content (AvgIpc) is 3.26. The van der Waals surface area contributed by atoms with E-state index in [4.69, 9.17) is 15.0 Å². The lowest BCUT2D eigenvalue weighted by Crippen LogP contribution is -2.35. The Morgan fingerprint density at radius 3 is 2.96 bits per heavy atom. The first-order chi connectivity index (χ1) is 12.8. The smallest absolute Gasteiger partial charge is 0.410 e. The van der Waals surface area contributed by atoms with Crippen molar-refractivity contribution in [3.05, 3.63) is 35.8 Å². The maximum absolute atomic E-state index is 12.3. The van der Waals surface area contributed by atoms with Gasteiger partial charge < -0.3 is 14.6 Å². The van der Waals surface area contributed by atoms with Crippen molar-refractivity contribution in [1.82, 2.24) is 19.9 Å². The first-order valence-electron chi connectivity index (χ1n) is 9.00. The first-order valence-corrected chi connectivity index (χ1v) is 9.00. The molecule has 1 amide bonds. The number of hydrogen-bond acceptors (Lipinski definition) is 5. The molecule has 0 unspecified atom stereocenters. The van der Waals surface area contributed by atoms with Gasteiger partial charge in [0.05, 0.1) is 34.4 Å². The normalized spacial score (nSPS) is 17.4. The van der Waals surface area contributed by atoms with Gasteiger partial charge in [0.1, 0.15) is 11.4 Å². The molecule has 4 rings (SSSR count). The fraction of sp³-hybridized carbons (Fsp3) is 0.400. The van der Waals surface area contributed by atoms with Gasteiger partial charge in [0.15, 0.2) is 0 Å². The second kappa shape index (κ2) is 6.23. The second-order valence-electron chi connectivity index (χ2n) is 7.90. The van der Waals surface area contributed by atoms with Gasteiger partial charge in [0.25, 0.3) is 0 Å². The third-order valence-corrected chi connectivity index (χ3v) is 4.69. The number of hydrogen-bond donors (Lipinski definition) is 1. The van der Waals surface area contributed by atoms with Gasteiger partial charge in [0.2, 0.25) is 0 Å². The number of nitriles is 1. The fourth-order valence-electron chi connectivity index (χ4n) is 3.42. The highest BCUT2D eigenvalue weighted by atomic mass is 16.6. The fourth-order valence-corrected chi connectivity index (χ4v) is 3.42. The van der Waals surface area contributed by atoms with Crippen LogP contribution in [-0.4, -0.2) is 44.6 Å². The number of fused-ring (bicyclic) bond motifs is 3. The molecule has 7 nitrogen and oxygen atoms in total. The van der Waals surface area contributed by atoms with E-state index in [0.29, 0.717) is 18.7 Å². The van der Waals surface area contributed by atoms with Crippen LogP contribution in [0.3, 0.4) is 0 Å². The van der Waals surface area contributed by atoms with E-state index in [1.807, 2.05) is 32.9 Å². The van der Waals surface area contributed by atoms with Crippen LogP contribution in [0.25, 0.3) is 21.9 Å². The van der Waals surface area contributed by atoms with Crippen LogP contribution in [0.4, 0.5) is 4.79 Å². The molecule has 1 N–H and O–H groups in total. The van der Waals surface area contributed by atoms with Gasteiger partial charge >= 0.3 is 6.09 Å². The zero-order valence-corrected chi connectivity index (χ0v) is 15.6. The molecule has 138 valence electrons. The van der Waals surface area contributed by atoms with Crippen molar-refractivity contribution in [3.8, 4) is 6.07 Å². The summed E-state index contributed by atoms with van der Waals surface area (Å²) in [5, 5.41) is 10.0. The molecule has 2 aromatic heterocycles. The highest BCUT2D eigenvalue weighted by molar-refractivity contribution is 6.02. The van der Waals surface area contributed by atoms with Gasteiger partial charge in [-0.2, -0.15) is 5.26 Å². The van der Waals surface area contributed by atoms with Crippen molar-refractivity contribution < 1.29 is 9.53 Å². The molecular weight excluding hydrogens is 342 g/mol. The Bertz CT molecular complexity index is 1070. The molecule has 7 heteroatoms. The molecule has 3 heterocycles. The Morgan fingerprint density at radius 2 is 2.22 bits per heavy atom. The van der Waals surface area contributed by atoms with Crippen LogP contribution in [-0.2, 0) is 4.74 Å². The zero-order chi connectivity index (χ0) is 19.2. The van der Waals surface area contributed by atoms with Crippen LogP contribution in [0.15, 0.2) is 24.4 Å². The van der Waals surface area contributed by atoms with Gasteiger partial charge in [-0.05, 0) is 45.4 Å². The maximum Gasteiger partial charge on any atom is 0.410 e. The molecule has 1 fully saturated rings. The maximum atomic E-state index is 12.3. The molecule has 1 aliphatic rings. The number of amides is 1. The molecule has 0 aliphatic carbocycles. The SMILES string of the molecule is CC(C)(C)OC(=O)N1CC[C@H](c2nc3c(cnc4ccc(C#N)cc43)[nH]2)C1. The summed E-state index contributed by atoms with van der Waals surface area (Å²) >= 11 is 0. The lowest BCUT2D eigenvalue weighted by molar-refractivity contribution is 0.0292. The number of aromatic amines is 1. The molecule has 1 saturated heterocycles. The van der Waals surface area contributed by atoms with Crippen molar-refractivity contribution >= 4 is 28.0 Å². The Balaban J connectivity index is 1.62. The summed E-state index contributed by atoms with van der Waals surface area (Å²) in [4.78, 5) is 26.6. The van der Waals surface area contributed by atoms with E-state index in [-0.39, 0.29) is 12.0 Å². The molecule has 0 radical (unpaired) electrons. The lowest BCUT2D eigenvalue weighted by Gasteiger charge is -2.24. The average molecular weight is 363 g/mol. The zero-order valence-electron chi connectivity index (χ0n) is 15.6. The number of likely N-dealkylation sites (tertiary alicyclic amines) is 1. The van der Waals surface area contributed by atoms with Crippen molar-refractivity contribution in [2.24, 2.45) is 0 Å². The van der Waals surface area contributed by atoms with Crippen LogP contribution in [0.1, 0.15) is 44.5 Å². The second-order valence-corrected chi connectivity index (χ2v) is 7.90. The molecule has 0 saturated carbocycles. The predicted molar refractivity (Wildman–Crippen MR) is 101 cm³/mol. The van der Waals surface area contributed by atoms with E-state index < -0.39 is 5.60 Å². The lowest BCUT2D eigenvalue weighted by atomic mass is 10.1. The summed E-state index contributed by atoms with van der Waals surface area (Å²) in [6.07, 6.45) is 2.31. The number of benzene rings is 1. The van der Waals surface area contributed by atoms with E-state index in [1.54, 1.807) is 17.2 Å². The highest BCUT2D eigenvalue weighted by Gasteiger charge is 2.32. The Kier molecular flexibility index (Phi) is 3.99. The summed E-state index contributed by atoms with van der Waals surface area (Å²) < 4.78 is 5.46. The molecule has 3 aromatic rings. The van der Waals surface area contributed by atoms with Gasteiger partial charge in [-0.3, -0.25) is 4.98 Å². The van der Waals surface area contributed by atoms with Crippen molar-refractivity contribution in [2.75, 3.05) is 13.1 Å². The summed E-state index contributed by atoms with van der Waals surface area (Å²) in [6.45, 7) is 6.82. The number of nitrogens with one attached hydrogen (secondary N) is 1. The van der Waals surface area contributed by atoms with Crippen LogP contribution in [0, 0.1) is 11.3 Å². The summed E-state index contributed by atoms with van der Waals surface area (Å²) in [5.74, 6) is 0.965. The monoisotopic (exact) mass is 363 g/mol. The topological polar surface area (TPSA) is 94.9 Å². The molecule has 27 heavy (non-hydrogen) atoms. The summed E-state index contributed by atoms with van der Waals surface area (Å²) in [6, 6.07) is 7.56. The number of aromatic nitrogens is 3. The molecule has 1 aliphatic heterocycles. The van der Waals surface area contributed by atoms with Crippen LogP contribution >= 0.6 is 0 Å². The quantitative estimate of drug-likeness (QED) is 0.711. The highest BCUT2D eigenvalue weighted by Crippen LogP contribution is 2.30. The van der Waals surface area contributed by atoms with Crippen molar-refractivity contribution in [2.45, 2.75) is 38.7 Å². The van der Waals surface area contributed by atoms with Gasteiger partial charge in [0, 0.05) is 24.4 Å². The number of rotatable bonds is 1. The Hall–Kier alpha value is -3.14. The van der Waals surface area contributed by atoms with E-state index >= 15 is 0 Å². The Morgan fingerprint density at radius 1 is 1.41 bits per heavy atom. The number of H-pyrrole nitrogens is 1. The van der Waals surface area contributed by atoms with Gasteiger partial charge in [-0.15, -0.1) is 0 Å². The van der Waals surface area contributed by atoms with Crippen molar-refractivity contribution in [1.29, 1.82) is 5.26 Å². The number of carbonyl (C=O) groups is 1. The summed E-state index contributed by atoms with van der Waals surface area (Å²) in [7, 11) is 0. The van der Waals surface area contributed by atoms with Gasteiger partial charge in [-0.25, -0.2) is 9.78 Å². The molecule has 1 atom stereocenters. The van der Waals surface area contributed by atoms with Crippen LogP contribution in [0.2, 0.25) is 0 Å². The minimum absolute atomic E-state index is 0.124. The Labute approximate surface area is 157 Å². The largest absolute Gasteiger partial charge is 0.444 e. The van der Waals surface area contributed by atoms with Crippen LogP contribution < -0.4 is 0 Å². The third kappa shape index (κ3) is 3.31. The number of pyridine rings is 1. The third-order valence-electron chi connectivity index (χ3n) is 4.69. The number of nitrogens with zero attached hydrogens (tertiary/aromatic N) is 4. The van der Waals surface area contributed by atoms with E-state index in [9.17, 15) is 4.79 Å².